The molecule has 14 heavy (non-hydrogen) atoms. The van der Waals surface area contributed by atoms with E-state index in [0.29, 0.717) is 0 Å². The summed E-state index contributed by atoms with van der Waals surface area (Å²) in [6, 6.07) is 0.0251. The molecule has 0 aromatic rings. The quantitative estimate of drug-likeness (QED) is 0.277. The van der Waals surface area contributed by atoms with Gasteiger partial charge in [-0.1, -0.05) is 5.16 Å². The maximum absolute atomic E-state index is 11.2. The Labute approximate surface area is 83.6 Å². The lowest BCUT2D eigenvalue weighted by Gasteiger charge is -2.38. The molecule has 1 fully saturated rings. The van der Waals surface area contributed by atoms with Gasteiger partial charge in [0.2, 0.25) is 5.91 Å². The van der Waals surface area contributed by atoms with Crippen LogP contribution in [-0.2, 0) is 4.79 Å². The first kappa shape index (κ1) is 10.8. The number of hydrogen-bond acceptors (Lipinski definition) is 3. The van der Waals surface area contributed by atoms with Crippen LogP contribution in [-0.4, -0.2) is 34.4 Å². The van der Waals surface area contributed by atoms with Gasteiger partial charge in [-0.2, -0.15) is 0 Å². The summed E-state index contributed by atoms with van der Waals surface area (Å²) in [5.41, 5.74) is 5.56. The highest BCUT2D eigenvalue weighted by Crippen LogP contribution is 2.23. The van der Waals surface area contributed by atoms with E-state index in [1.807, 2.05) is 6.92 Å². The molecule has 0 radical (unpaired) electrons. The summed E-state index contributed by atoms with van der Waals surface area (Å²) in [5, 5.41) is 11.6. The molecule has 1 aliphatic heterocycles. The summed E-state index contributed by atoms with van der Waals surface area (Å²) in [4.78, 5) is 13.0. The van der Waals surface area contributed by atoms with Crippen molar-refractivity contribution in [2.75, 3.05) is 6.54 Å². The van der Waals surface area contributed by atoms with Gasteiger partial charge in [0.05, 0.1) is 0 Å². The maximum atomic E-state index is 11.2. The van der Waals surface area contributed by atoms with Crippen molar-refractivity contribution < 1.29 is 10.0 Å². The molecule has 3 N–H and O–H groups in total. The molecule has 0 spiro atoms. The number of amidine groups is 1. The molecule has 1 saturated heterocycles. The Kier molecular flexibility index (Phi) is 3.33. The number of nitrogens with zero attached hydrogens (tertiary/aromatic N) is 2. The van der Waals surface area contributed by atoms with Crippen LogP contribution in [0.3, 0.4) is 0 Å². The average molecular weight is 199 g/mol. The van der Waals surface area contributed by atoms with Gasteiger partial charge < -0.3 is 15.8 Å². The molecule has 0 aromatic carbocycles. The molecule has 80 valence electrons. The van der Waals surface area contributed by atoms with E-state index in [2.05, 4.69) is 5.16 Å². The van der Waals surface area contributed by atoms with Crippen LogP contribution in [0, 0.1) is 5.92 Å². The Balaban J connectivity index is 2.75. The highest BCUT2D eigenvalue weighted by Gasteiger charge is 2.31. The lowest BCUT2D eigenvalue weighted by Crippen LogP contribution is -2.49. The van der Waals surface area contributed by atoms with Crippen molar-refractivity contribution in [2.24, 2.45) is 16.8 Å². The molecule has 0 saturated carbocycles. The number of hydrogen-bond donors (Lipinski definition) is 2. The Morgan fingerprint density at radius 2 is 2.29 bits per heavy atom. The van der Waals surface area contributed by atoms with Crippen molar-refractivity contribution in [1.82, 2.24) is 4.90 Å². The van der Waals surface area contributed by atoms with Crippen LogP contribution in [0.5, 0.6) is 0 Å². The number of nitrogens with two attached hydrogens (primary N) is 1. The fraction of sp³-hybridized carbons (Fsp3) is 0.778. The number of amides is 1. The Hall–Kier alpha value is -1.26. The van der Waals surface area contributed by atoms with E-state index < -0.39 is 0 Å². The third-order valence-corrected chi connectivity index (χ3v) is 2.89. The van der Waals surface area contributed by atoms with Crippen LogP contribution in [0.1, 0.15) is 26.7 Å². The number of oxime groups is 1. The summed E-state index contributed by atoms with van der Waals surface area (Å²) in [7, 11) is 0. The molecule has 1 amide bonds. The van der Waals surface area contributed by atoms with Crippen LogP contribution in [0.4, 0.5) is 0 Å². The van der Waals surface area contributed by atoms with Gasteiger partial charge in [0.15, 0.2) is 0 Å². The van der Waals surface area contributed by atoms with Crippen molar-refractivity contribution in [2.45, 2.75) is 32.7 Å². The minimum atomic E-state index is -0.0161. The molecule has 0 bridgehead atoms. The normalized spacial score (nSPS) is 29.0. The standard InChI is InChI=1S/C9H17N3O2/c1-6-8(9(10)11-14)4-3-5-12(6)7(2)13/h6,8,14H,3-5H2,1-2H3,(H2,10,11)/t6-,8-/m0/s1. The number of carbonyl (C=O) groups is 1. The van der Waals surface area contributed by atoms with Gasteiger partial charge in [-0.15, -0.1) is 0 Å². The molecular formula is C9H17N3O2. The zero-order valence-electron chi connectivity index (χ0n) is 8.60. The van der Waals surface area contributed by atoms with E-state index in [1.165, 1.54) is 0 Å². The number of piperidine rings is 1. The topological polar surface area (TPSA) is 78.9 Å². The molecule has 1 heterocycles. The molecule has 0 aromatic heterocycles. The van der Waals surface area contributed by atoms with Gasteiger partial charge in [0.25, 0.3) is 0 Å². The van der Waals surface area contributed by atoms with Crippen LogP contribution in [0.15, 0.2) is 5.16 Å². The Morgan fingerprint density at radius 3 is 2.79 bits per heavy atom. The molecule has 5 heteroatoms. The van der Waals surface area contributed by atoms with Crippen LogP contribution in [0.2, 0.25) is 0 Å². The van der Waals surface area contributed by atoms with Crippen molar-refractivity contribution in [3.05, 3.63) is 0 Å². The monoisotopic (exact) mass is 199 g/mol. The van der Waals surface area contributed by atoms with E-state index >= 15 is 0 Å². The third-order valence-electron chi connectivity index (χ3n) is 2.89. The second-order valence-corrected chi connectivity index (χ2v) is 3.73. The van der Waals surface area contributed by atoms with E-state index in [0.717, 1.165) is 19.4 Å². The molecule has 0 aliphatic carbocycles. The summed E-state index contributed by atoms with van der Waals surface area (Å²) in [6.07, 6.45) is 1.78. The molecule has 5 nitrogen and oxygen atoms in total. The maximum Gasteiger partial charge on any atom is 0.219 e. The Morgan fingerprint density at radius 1 is 1.64 bits per heavy atom. The number of likely N-dealkylation sites (tertiary alicyclic amines) is 1. The summed E-state index contributed by atoms with van der Waals surface area (Å²) < 4.78 is 0. The van der Waals surface area contributed by atoms with Crippen molar-refractivity contribution in [3.8, 4) is 0 Å². The summed E-state index contributed by atoms with van der Waals surface area (Å²) >= 11 is 0. The SMILES string of the molecule is CC(=O)N1CCC[C@H](/C(N)=N/O)[C@@H]1C. The second-order valence-electron chi connectivity index (χ2n) is 3.73. The first-order valence-corrected chi connectivity index (χ1v) is 4.82. The van der Waals surface area contributed by atoms with Gasteiger partial charge in [-0.05, 0) is 19.8 Å². The van der Waals surface area contributed by atoms with Crippen molar-refractivity contribution in [1.29, 1.82) is 0 Å². The first-order chi connectivity index (χ1) is 6.57. The highest BCUT2D eigenvalue weighted by molar-refractivity contribution is 5.84. The summed E-state index contributed by atoms with van der Waals surface area (Å²) in [5.74, 6) is 0.258. The molecular weight excluding hydrogens is 182 g/mol. The molecule has 1 rings (SSSR count). The number of carbonyl (C=O) groups excluding carboxylic acids is 1. The largest absolute Gasteiger partial charge is 0.409 e. The van der Waals surface area contributed by atoms with Gasteiger partial charge in [0.1, 0.15) is 5.84 Å². The molecule has 0 unspecified atom stereocenters. The van der Waals surface area contributed by atoms with Crippen molar-refractivity contribution in [3.63, 3.8) is 0 Å². The van der Waals surface area contributed by atoms with E-state index in [1.54, 1.807) is 11.8 Å². The van der Waals surface area contributed by atoms with Gasteiger partial charge in [-0.25, -0.2) is 0 Å². The van der Waals surface area contributed by atoms with Crippen LogP contribution >= 0.6 is 0 Å². The van der Waals surface area contributed by atoms with E-state index in [4.69, 9.17) is 10.9 Å². The van der Waals surface area contributed by atoms with Crippen molar-refractivity contribution >= 4 is 11.7 Å². The Bertz CT molecular complexity index is 252. The fourth-order valence-electron chi connectivity index (χ4n) is 2.06. The first-order valence-electron chi connectivity index (χ1n) is 4.82. The predicted octanol–water partition coefficient (Wildman–Crippen LogP) is 0.380. The van der Waals surface area contributed by atoms with Gasteiger partial charge >= 0.3 is 0 Å². The molecule has 1 aliphatic rings. The van der Waals surface area contributed by atoms with E-state index in [-0.39, 0.29) is 23.7 Å². The van der Waals surface area contributed by atoms with Crippen LogP contribution < -0.4 is 5.73 Å². The average Bonchev–Trinajstić information content (AvgIpc) is 2.16. The predicted molar refractivity (Wildman–Crippen MR) is 53.0 cm³/mol. The zero-order valence-corrected chi connectivity index (χ0v) is 8.60. The van der Waals surface area contributed by atoms with E-state index in [9.17, 15) is 4.79 Å². The van der Waals surface area contributed by atoms with Crippen LogP contribution in [0.25, 0.3) is 0 Å². The fourth-order valence-corrected chi connectivity index (χ4v) is 2.06. The molecule has 2 atom stereocenters. The zero-order chi connectivity index (χ0) is 10.7. The highest BCUT2D eigenvalue weighted by atomic mass is 16.4. The lowest BCUT2D eigenvalue weighted by molar-refractivity contribution is -0.132. The minimum absolute atomic E-state index is 0.0161. The summed E-state index contributed by atoms with van der Waals surface area (Å²) in [6.45, 7) is 4.25. The smallest absolute Gasteiger partial charge is 0.219 e. The third kappa shape index (κ3) is 1.97. The lowest BCUT2D eigenvalue weighted by atomic mass is 9.89. The van der Waals surface area contributed by atoms with Gasteiger partial charge in [0, 0.05) is 25.4 Å². The van der Waals surface area contributed by atoms with Gasteiger partial charge in [-0.3, -0.25) is 4.79 Å². The minimum Gasteiger partial charge on any atom is -0.409 e. The second kappa shape index (κ2) is 4.30. The number of rotatable bonds is 1.